The van der Waals surface area contributed by atoms with E-state index in [-0.39, 0.29) is 6.04 Å². The fourth-order valence-electron chi connectivity index (χ4n) is 2.23. The Labute approximate surface area is 102 Å². The quantitative estimate of drug-likeness (QED) is 0.793. The molecule has 1 aromatic heterocycles. The lowest BCUT2D eigenvalue weighted by molar-refractivity contribution is -0.118. The highest BCUT2D eigenvalue weighted by atomic mass is 16.1. The third kappa shape index (κ3) is 2.75. The number of hydrogen-bond donors (Lipinski definition) is 1. The minimum atomic E-state index is 0.222. The molecule has 92 valence electrons. The van der Waals surface area contributed by atoms with E-state index in [9.17, 15) is 4.79 Å². The van der Waals surface area contributed by atoms with Gasteiger partial charge in [-0.25, -0.2) is 4.98 Å². The van der Waals surface area contributed by atoms with Crippen molar-refractivity contribution in [3.8, 4) is 0 Å². The van der Waals surface area contributed by atoms with Gasteiger partial charge in [0.15, 0.2) is 0 Å². The van der Waals surface area contributed by atoms with Crippen molar-refractivity contribution in [2.45, 2.75) is 32.2 Å². The van der Waals surface area contributed by atoms with Crippen LogP contribution in [0, 0.1) is 0 Å². The number of nitrogens with zero attached hydrogens (tertiary/aromatic N) is 2. The first-order valence-electron chi connectivity index (χ1n) is 6.26. The van der Waals surface area contributed by atoms with Crippen LogP contribution in [0.15, 0.2) is 18.3 Å². The number of hydrogen-bond acceptors (Lipinski definition) is 3. The van der Waals surface area contributed by atoms with Crippen molar-refractivity contribution in [1.82, 2.24) is 9.88 Å². The molecule has 0 saturated carbocycles. The second kappa shape index (κ2) is 5.66. The smallest absolute Gasteiger partial charge is 0.210 e. The molecule has 1 amide bonds. The van der Waals surface area contributed by atoms with Gasteiger partial charge in [-0.2, -0.15) is 0 Å². The Kier molecular flexibility index (Phi) is 3.96. The predicted octanol–water partition coefficient (Wildman–Crippen LogP) is 2.20. The number of anilines is 1. The molecule has 2 heterocycles. The summed E-state index contributed by atoms with van der Waals surface area (Å²) in [6.45, 7) is 3.93. The SMILES string of the molecule is CCCNc1ccc([C@@H]2CCCN2C=O)cn1. The molecule has 1 fully saturated rings. The number of rotatable bonds is 5. The molecule has 0 spiro atoms. The number of carbonyl (C=O) groups excluding carboxylic acids is 1. The monoisotopic (exact) mass is 233 g/mol. The average molecular weight is 233 g/mol. The van der Waals surface area contributed by atoms with Gasteiger partial charge < -0.3 is 10.2 Å². The third-order valence-corrected chi connectivity index (χ3v) is 3.16. The number of carbonyl (C=O) groups is 1. The molecular formula is C13H19N3O. The van der Waals surface area contributed by atoms with E-state index >= 15 is 0 Å². The highest BCUT2D eigenvalue weighted by Crippen LogP contribution is 2.30. The van der Waals surface area contributed by atoms with E-state index in [1.165, 1.54) is 0 Å². The molecule has 1 aliphatic heterocycles. The van der Waals surface area contributed by atoms with Gasteiger partial charge in [-0.15, -0.1) is 0 Å². The number of likely N-dealkylation sites (tertiary alicyclic amines) is 1. The summed E-state index contributed by atoms with van der Waals surface area (Å²) in [5, 5.41) is 3.24. The molecular weight excluding hydrogens is 214 g/mol. The number of pyridine rings is 1. The Morgan fingerprint density at radius 2 is 2.47 bits per heavy atom. The first-order chi connectivity index (χ1) is 8.35. The van der Waals surface area contributed by atoms with Crippen LogP contribution in [-0.2, 0) is 4.79 Å². The molecule has 2 rings (SSSR count). The number of aromatic nitrogens is 1. The zero-order valence-corrected chi connectivity index (χ0v) is 10.2. The predicted molar refractivity (Wildman–Crippen MR) is 67.8 cm³/mol. The largest absolute Gasteiger partial charge is 0.370 e. The Hall–Kier alpha value is -1.58. The molecule has 0 bridgehead atoms. The standard InChI is InChI=1S/C13H19N3O/c1-2-7-14-13-6-5-11(9-15-13)12-4-3-8-16(12)10-17/h5-6,9-10,12H,2-4,7-8H2,1H3,(H,14,15)/t12-/m0/s1. The van der Waals surface area contributed by atoms with Crippen molar-refractivity contribution in [2.75, 3.05) is 18.4 Å². The summed E-state index contributed by atoms with van der Waals surface area (Å²) in [4.78, 5) is 17.1. The summed E-state index contributed by atoms with van der Waals surface area (Å²) < 4.78 is 0. The van der Waals surface area contributed by atoms with E-state index in [1.54, 1.807) is 0 Å². The van der Waals surface area contributed by atoms with Gasteiger partial charge in [0.2, 0.25) is 6.41 Å². The lowest BCUT2D eigenvalue weighted by atomic mass is 10.1. The van der Waals surface area contributed by atoms with Crippen LogP contribution in [0.1, 0.15) is 37.8 Å². The van der Waals surface area contributed by atoms with E-state index in [2.05, 4.69) is 23.3 Å². The van der Waals surface area contributed by atoms with Gasteiger partial charge >= 0.3 is 0 Å². The number of nitrogens with one attached hydrogen (secondary N) is 1. The van der Waals surface area contributed by atoms with Crippen molar-refractivity contribution >= 4 is 12.2 Å². The lowest BCUT2D eigenvalue weighted by Crippen LogP contribution is -2.21. The van der Waals surface area contributed by atoms with Gasteiger partial charge in [-0.05, 0) is 30.9 Å². The zero-order valence-electron chi connectivity index (χ0n) is 10.2. The molecule has 0 aliphatic carbocycles. The normalized spacial score (nSPS) is 19.4. The van der Waals surface area contributed by atoms with Crippen molar-refractivity contribution in [3.63, 3.8) is 0 Å². The first kappa shape index (κ1) is 11.9. The van der Waals surface area contributed by atoms with E-state index in [0.29, 0.717) is 0 Å². The Morgan fingerprint density at radius 3 is 3.12 bits per heavy atom. The summed E-state index contributed by atoms with van der Waals surface area (Å²) in [7, 11) is 0. The summed E-state index contributed by atoms with van der Waals surface area (Å²) in [5.41, 5.74) is 1.14. The van der Waals surface area contributed by atoms with E-state index in [1.807, 2.05) is 17.2 Å². The summed E-state index contributed by atoms with van der Waals surface area (Å²) in [5.74, 6) is 0.909. The molecule has 4 heteroatoms. The fourth-order valence-corrected chi connectivity index (χ4v) is 2.23. The van der Waals surface area contributed by atoms with E-state index in [0.717, 1.165) is 50.1 Å². The van der Waals surface area contributed by atoms with Crippen molar-refractivity contribution in [2.24, 2.45) is 0 Å². The molecule has 1 N–H and O–H groups in total. The molecule has 0 aromatic carbocycles. The third-order valence-electron chi connectivity index (χ3n) is 3.16. The van der Waals surface area contributed by atoms with Gasteiger partial charge in [-0.1, -0.05) is 13.0 Å². The minimum Gasteiger partial charge on any atom is -0.370 e. The van der Waals surface area contributed by atoms with Crippen LogP contribution in [0.5, 0.6) is 0 Å². The van der Waals surface area contributed by atoms with Gasteiger partial charge in [0, 0.05) is 19.3 Å². The summed E-state index contributed by atoms with van der Waals surface area (Å²) in [6, 6.07) is 4.28. The van der Waals surface area contributed by atoms with Crippen molar-refractivity contribution < 1.29 is 4.79 Å². The second-order valence-corrected chi connectivity index (χ2v) is 4.40. The first-order valence-corrected chi connectivity index (χ1v) is 6.26. The molecule has 0 radical (unpaired) electrons. The minimum absolute atomic E-state index is 0.222. The van der Waals surface area contributed by atoms with Crippen LogP contribution in [0.4, 0.5) is 5.82 Å². The molecule has 17 heavy (non-hydrogen) atoms. The summed E-state index contributed by atoms with van der Waals surface area (Å²) in [6.07, 6.45) is 6.04. The average Bonchev–Trinajstić information content (AvgIpc) is 2.85. The Balaban J connectivity index is 2.04. The van der Waals surface area contributed by atoms with Crippen LogP contribution in [0.25, 0.3) is 0 Å². The number of amides is 1. The van der Waals surface area contributed by atoms with Gasteiger partial charge in [0.1, 0.15) is 5.82 Å². The van der Waals surface area contributed by atoms with Crippen LogP contribution < -0.4 is 5.32 Å². The molecule has 1 atom stereocenters. The van der Waals surface area contributed by atoms with Crippen LogP contribution >= 0.6 is 0 Å². The summed E-state index contributed by atoms with van der Waals surface area (Å²) >= 11 is 0. The highest BCUT2D eigenvalue weighted by molar-refractivity contribution is 5.49. The van der Waals surface area contributed by atoms with Gasteiger partial charge in [-0.3, -0.25) is 4.79 Å². The topological polar surface area (TPSA) is 45.2 Å². The van der Waals surface area contributed by atoms with Gasteiger partial charge in [0.05, 0.1) is 6.04 Å². The van der Waals surface area contributed by atoms with Crippen LogP contribution in [0.2, 0.25) is 0 Å². The van der Waals surface area contributed by atoms with Gasteiger partial charge in [0.25, 0.3) is 0 Å². The second-order valence-electron chi connectivity index (χ2n) is 4.40. The van der Waals surface area contributed by atoms with E-state index in [4.69, 9.17) is 0 Å². The van der Waals surface area contributed by atoms with Crippen molar-refractivity contribution in [1.29, 1.82) is 0 Å². The fraction of sp³-hybridized carbons (Fsp3) is 0.538. The molecule has 1 aliphatic rings. The molecule has 1 aromatic rings. The molecule has 0 unspecified atom stereocenters. The molecule has 1 saturated heterocycles. The zero-order chi connectivity index (χ0) is 12.1. The van der Waals surface area contributed by atoms with E-state index < -0.39 is 0 Å². The molecule has 4 nitrogen and oxygen atoms in total. The maximum Gasteiger partial charge on any atom is 0.210 e. The Morgan fingerprint density at radius 1 is 1.59 bits per heavy atom. The van der Waals surface area contributed by atoms with Crippen LogP contribution in [0.3, 0.4) is 0 Å². The van der Waals surface area contributed by atoms with Crippen LogP contribution in [-0.4, -0.2) is 29.4 Å². The maximum atomic E-state index is 10.9. The van der Waals surface area contributed by atoms with Crippen molar-refractivity contribution in [3.05, 3.63) is 23.9 Å². The maximum absolute atomic E-state index is 10.9. The lowest BCUT2D eigenvalue weighted by Gasteiger charge is -2.20. The Bertz CT molecular complexity index is 363. The highest BCUT2D eigenvalue weighted by Gasteiger charge is 2.24.